The Morgan fingerprint density at radius 3 is 2.70 bits per heavy atom. The fourth-order valence-corrected chi connectivity index (χ4v) is 2.76. The molecule has 4 heteroatoms. The Morgan fingerprint density at radius 1 is 1.15 bits per heavy atom. The van der Waals surface area contributed by atoms with Crippen LogP contribution in [0.15, 0.2) is 30.5 Å². The number of hydrogen-bond donors (Lipinski definition) is 2. The predicted molar refractivity (Wildman–Crippen MR) is 85.6 cm³/mol. The van der Waals surface area contributed by atoms with E-state index >= 15 is 0 Å². The molecular weight excluding hydrogens is 248 g/mol. The Kier molecular flexibility index (Phi) is 3.74. The molecule has 0 radical (unpaired) electrons. The topological polar surface area (TPSA) is 40.2 Å². The summed E-state index contributed by atoms with van der Waals surface area (Å²) in [4.78, 5) is 6.99. The highest BCUT2D eigenvalue weighted by Crippen LogP contribution is 2.30. The molecule has 1 aliphatic rings. The van der Waals surface area contributed by atoms with Crippen LogP contribution < -0.4 is 15.5 Å². The van der Waals surface area contributed by atoms with E-state index in [-0.39, 0.29) is 0 Å². The fourth-order valence-electron chi connectivity index (χ4n) is 2.76. The van der Waals surface area contributed by atoms with Crippen molar-refractivity contribution in [3.8, 4) is 0 Å². The van der Waals surface area contributed by atoms with Gasteiger partial charge < -0.3 is 15.5 Å². The van der Waals surface area contributed by atoms with Gasteiger partial charge in [-0.15, -0.1) is 0 Å². The van der Waals surface area contributed by atoms with Crippen molar-refractivity contribution in [3.63, 3.8) is 0 Å². The number of hydrogen-bond acceptors (Lipinski definition) is 4. The Labute approximate surface area is 120 Å². The molecule has 1 saturated heterocycles. The van der Waals surface area contributed by atoms with Crippen LogP contribution in [0.5, 0.6) is 0 Å². The second kappa shape index (κ2) is 5.67. The van der Waals surface area contributed by atoms with E-state index in [0.717, 1.165) is 32.0 Å². The summed E-state index contributed by atoms with van der Waals surface area (Å²) < 4.78 is 0. The Hall–Kier alpha value is -1.81. The van der Waals surface area contributed by atoms with E-state index in [9.17, 15) is 0 Å². The van der Waals surface area contributed by atoms with Gasteiger partial charge in [0.2, 0.25) is 0 Å². The van der Waals surface area contributed by atoms with Gasteiger partial charge in [-0.05, 0) is 26.0 Å². The molecule has 106 valence electrons. The van der Waals surface area contributed by atoms with Gasteiger partial charge in [0.1, 0.15) is 5.82 Å². The minimum absolute atomic E-state index is 0.427. The maximum Gasteiger partial charge on any atom is 0.136 e. The van der Waals surface area contributed by atoms with Crippen LogP contribution in [0, 0.1) is 0 Å². The molecule has 4 nitrogen and oxygen atoms in total. The van der Waals surface area contributed by atoms with Gasteiger partial charge in [0.15, 0.2) is 0 Å². The lowest BCUT2D eigenvalue weighted by atomic mass is 10.1. The molecular formula is C16H22N4. The van der Waals surface area contributed by atoms with Gasteiger partial charge in [-0.2, -0.15) is 0 Å². The summed E-state index contributed by atoms with van der Waals surface area (Å²) in [6.45, 7) is 8.43. The lowest BCUT2D eigenvalue weighted by Gasteiger charge is -2.29. The normalized spacial score (nSPS) is 15.8. The Bertz CT molecular complexity index is 588. The first-order valence-corrected chi connectivity index (χ1v) is 7.35. The van der Waals surface area contributed by atoms with Gasteiger partial charge in [-0.25, -0.2) is 4.98 Å². The Balaban J connectivity index is 2.05. The van der Waals surface area contributed by atoms with Crippen molar-refractivity contribution in [1.29, 1.82) is 0 Å². The standard InChI is InChI=1S/C16H22N4/c1-12(2)19-15-5-3-4-14-13(15)6-7-18-16(14)20-10-8-17-9-11-20/h3-7,12,17,19H,8-11H2,1-2H3. The van der Waals surface area contributed by atoms with Gasteiger partial charge in [0, 0.05) is 54.9 Å². The molecule has 0 amide bonds. The molecule has 0 spiro atoms. The zero-order chi connectivity index (χ0) is 13.9. The molecule has 1 fully saturated rings. The Morgan fingerprint density at radius 2 is 1.95 bits per heavy atom. The number of nitrogens with one attached hydrogen (secondary N) is 2. The van der Waals surface area contributed by atoms with Gasteiger partial charge >= 0.3 is 0 Å². The monoisotopic (exact) mass is 270 g/mol. The summed E-state index contributed by atoms with van der Waals surface area (Å²) in [7, 11) is 0. The fraction of sp³-hybridized carbons (Fsp3) is 0.438. The van der Waals surface area contributed by atoms with Crippen molar-refractivity contribution in [3.05, 3.63) is 30.5 Å². The molecule has 0 saturated carbocycles. The molecule has 2 heterocycles. The van der Waals surface area contributed by atoms with Gasteiger partial charge in [0.05, 0.1) is 0 Å². The van der Waals surface area contributed by atoms with Crippen LogP contribution >= 0.6 is 0 Å². The number of aromatic nitrogens is 1. The maximum absolute atomic E-state index is 4.62. The molecule has 20 heavy (non-hydrogen) atoms. The number of benzene rings is 1. The highest BCUT2D eigenvalue weighted by molar-refractivity contribution is 6.00. The molecule has 0 unspecified atom stereocenters. The zero-order valence-electron chi connectivity index (χ0n) is 12.2. The smallest absolute Gasteiger partial charge is 0.136 e. The van der Waals surface area contributed by atoms with Crippen molar-refractivity contribution in [1.82, 2.24) is 10.3 Å². The first-order chi connectivity index (χ1) is 9.75. The van der Waals surface area contributed by atoms with E-state index in [2.05, 4.69) is 58.6 Å². The van der Waals surface area contributed by atoms with Gasteiger partial charge in [-0.3, -0.25) is 0 Å². The van der Waals surface area contributed by atoms with Crippen LogP contribution in [-0.4, -0.2) is 37.2 Å². The van der Waals surface area contributed by atoms with Crippen molar-refractivity contribution in [2.24, 2.45) is 0 Å². The average Bonchev–Trinajstić information content (AvgIpc) is 2.47. The number of piperazine rings is 1. The third-order valence-corrected chi connectivity index (χ3v) is 3.65. The summed E-state index contributed by atoms with van der Waals surface area (Å²) >= 11 is 0. The molecule has 2 N–H and O–H groups in total. The van der Waals surface area contributed by atoms with E-state index in [0.29, 0.717) is 6.04 Å². The van der Waals surface area contributed by atoms with Crippen molar-refractivity contribution < 1.29 is 0 Å². The van der Waals surface area contributed by atoms with E-state index in [4.69, 9.17) is 0 Å². The second-order valence-corrected chi connectivity index (χ2v) is 5.57. The molecule has 1 aromatic carbocycles. The molecule has 1 aliphatic heterocycles. The van der Waals surface area contributed by atoms with E-state index in [1.165, 1.54) is 16.5 Å². The number of rotatable bonds is 3. The molecule has 0 atom stereocenters. The van der Waals surface area contributed by atoms with Crippen molar-refractivity contribution >= 4 is 22.3 Å². The molecule has 2 aromatic rings. The highest BCUT2D eigenvalue weighted by atomic mass is 15.2. The van der Waals surface area contributed by atoms with Gasteiger partial charge in [0.25, 0.3) is 0 Å². The van der Waals surface area contributed by atoms with Crippen LogP contribution in [0.1, 0.15) is 13.8 Å². The van der Waals surface area contributed by atoms with Crippen LogP contribution in [0.25, 0.3) is 10.8 Å². The highest BCUT2D eigenvalue weighted by Gasteiger charge is 2.15. The van der Waals surface area contributed by atoms with Crippen LogP contribution in [0.4, 0.5) is 11.5 Å². The maximum atomic E-state index is 4.62. The lowest BCUT2D eigenvalue weighted by Crippen LogP contribution is -2.43. The second-order valence-electron chi connectivity index (χ2n) is 5.57. The third-order valence-electron chi connectivity index (χ3n) is 3.65. The number of nitrogens with zero attached hydrogens (tertiary/aromatic N) is 2. The average molecular weight is 270 g/mol. The number of pyridine rings is 1. The largest absolute Gasteiger partial charge is 0.382 e. The van der Waals surface area contributed by atoms with E-state index in [1.807, 2.05) is 6.20 Å². The van der Waals surface area contributed by atoms with Crippen molar-refractivity contribution in [2.75, 3.05) is 36.4 Å². The summed E-state index contributed by atoms with van der Waals surface area (Å²) in [5, 5.41) is 9.40. The molecule has 0 aliphatic carbocycles. The number of fused-ring (bicyclic) bond motifs is 1. The van der Waals surface area contributed by atoms with Crippen LogP contribution in [0.3, 0.4) is 0 Å². The minimum Gasteiger partial charge on any atom is -0.382 e. The first-order valence-electron chi connectivity index (χ1n) is 7.35. The first kappa shape index (κ1) is 13.2. The van der Waals surface area contributed by atoms with Crippen molar-refractivity contribution in [2.45, 2.75) is 19.9 Å². The zero-order valence-corrected chi connectivity index (χ0v) is 12.2. The lowest BCUT2D eigenvalue weighted by molar-refractivity contribution is 0.586. The summed E-state index contributed by atoms with van der Waals surface area (Å²) in [5.74, 6) is 1.11. The minimum atomic E-state index is 0.427. The molecule has 0 bridgehead atoms. The van der Waals surface area contributed by atoms with Gasteiger partial charge in [-0.1, -0.05) is 12.1 Å². The molecule has 3 rings (SSSR count). The third kappa shape index (κ3) is 2.56. The van der Waals surface area contributed by atoms with Crippen LogP contribution in [0.2, 0.25) is 0 Å². The molecule has 1 aromatic heterocycles. The van der Waals surface area contributed by atoms with E-state index in [1.54, 1.807) is 0 Å². The predicted octanol–water partition coefficient (Wildman–Crippen LogP) is 2.46. The summed E-state index contributed by atoms with van der Waals surface area (Å²) in [6, 6.07) is 8.96. The quantitative estimate of drug-likeness (QED) is 0.899. The summed E-state index contributed by atoms with van der Waals surface area (Å²) in [5.41, 5.74) is 1.19. The summed E-state index contributed by atoms with van der Waals surface area (Å²) in [6.07, 6.45) is 1.92. The SMILES string of the molecule is CC(C)Nc1cccc2c(N3CCNCC3)nccc12. The van der Waals surface area contributed by atoms with E-state index < -0.39 is 0 Å². The van der Waals surface area contributed by atoms with Crippen LogP contribution in [-0.2, 0) is 0 Å². The number of anilines is 2.